The van der Waals surface area contributed by atoms with E-state index in [1.54, 1.807) is 0 Å². The van der Waals surface area contributed by atoms with E-state index in [1.807, 2.05) is 24.3 Å². The highest BCUT2D eigenvalue weighted by molar-refractivity contribution is 6.03. The Kier molecular flexibility index (Phi) is 6.04. The average Bonchev–Trinajstić information content (AvgIpc) is 2.67. The van der Waals surface area contributed by atoms with E-state index in [0.717, 1.165) is 44.0 Å². The van der Waals surface area contributed by atoms with Crippen LogP contribution in [0.25, 0.3) is 6.08 Å². The van der Waals surface area contributed by atoms with Gasteiger partial charge in [0.05, 0.1) is 16.9 Å². The van der Waals surface area contributed by atoms with Gasteiger partial charge in [0.2, 0.25) is 5.91 Å². The maximum atomic E-state index is 12.8. The molecule has 3 rings (SSSR count). The number of nitrogens with one attached hydrogen (secondary N) is 1. The van der Waals surface area contributed by atoms with Crippen molar-refractivity contribution >= 4 is 23.4 Å². The van der Waals surface area contributed by atoms with Gasteiger partial charge in [-0.3, -0.25) is 4.79 Å². The second-order valence-electron chi connectivity index (χ2n) is 6.75. The van der Waals surface area contributed by atoms with Crippen LogP contribution in [0.15, 0.2) is 54.6 Å². The number of carbonyl (C=O) groups is 1. The van der Waals surface area contributed by atoms with Crippen molar-refractivity contribution in [3.63, 3.8) is 0 Å². The fourth-order valence-corrected chi connectivity index (χ4v) is 3.07. The van der Waals surface area contributed by atoms with Crippen LogP contribution in [0.3, 0.4) is 0 Å². The lowest BCUT2D eigenvalue weighted by atomic mass is 10.1. The van der Waals surface area contributed by atoms with Crippen LogP contribution in [0.4, 0.5) is 24.5 Å². The molecule has 0 saturated carbocycles. The Balaban J connectivity index is 1.70. The molecule has 0 atom stereocenters. The Hall–Kier alpha value is -2.80. The molecule has 0 spiro atoms. The fourth-order valence-electron chi connectivity index (χ4n) is 3.07. The maximum absolute atomic E-state index is 12.8. The summed E-state index contributed by atoms with van der Waals surface area (Å²) < 4.78 is 38.4. The van der Waals surface area contributed by atoms with Gasteiger partial charge in [-0.15, -0.1) is 0 Å². The van der Waals surface area contributed by atoms with Crippen molar-refractivity contribution in [1.82, 2.24) is 4.90 Å². The number of halogens is 3. The molecule has 0 unspecified atom stereocenters. The first-order valence-electron chi connectivity index (χ1n) is 9.02. The Morgan fingerprint density at radius 3 is 2.46 bits per heavy atom. The molecule has 1 N–H and O–H groups in total. The van der Waals surface area contributed by atoms with Gasteiger partial charge in [-0.2, -0.15) is 13.2 Å². The van der Waals surface area contributed by atoms with Crippen LogP contribution in [0, 0.1) is 0 Å². The van der Waals surface area contributed by atoms with Crippen LogP contribution in [0.5, 0.6) is 0 Å². The number of amides is 1. The zero-order valence-corrected chi connectivity index (χ0v) is 15.5. The molecule has 2 aromatic carbocycles. The summed E-state index contributed by atoms with van der Waals surface area (Å²) in [6, 6.07) is 12.4. The van der Waals surface area contributed by atoms with Crippen LogP contribution >= 0.6 is 0 Å². The summed E-state index contributed by atoms with van der Waals surface area (Å²) in [6.45, 7) is 3.61. The van der Waals surface area contributed by atoms with Gasteiger partial charge >= 0.3 is 6.18 Å². The lowest BCUT2D eigenvalue weighted by Crippen LogP contribution is -2.44. The van der Waals surface area contributed by atoms with Gasteiger partial charge in [0.25, 0.3) is 0 Å². The van der Waals surface area contributed by atoms with Crippen molar-refractivity contribution in [2.45, 2.75) is 6.18 Å². The molecule has 4 nitrogen and oxygen atoms in total. The molecule has 7 heteroatoms. The SMILES string of the molecule is CN1CCN(c2ccccc2NC(=O)/C=C/c2cccc(C(F)(F)F)c2)CC1. The summed E-state index contributed by atoms with van der Waals surface area (Å²) in [7, 11) is 2.07. The van der Waals surface area contributed by atoms with E-state index >= 15 is 0 Å². The third kappa shape index (κ3) is 5.13. The molecule has 1 amide bonds. The topological polar surface area (TPSA) is 35.6 Å². The van der Waals surface area contributed by atoms with Gasteiger partial charge in [-0.25, -0.2) is 0 Å². The molecule has 1 saturated heterocycles. The first-order valence-corrected chi connectivity index (χ1v) is 9.02. The molecule has 0 radical (unpaired) electrons. The molecular weight excluding hydrogens is 367 g/mol. The number of hydrogen-bond donors (Lipinski definition) is 1. The zero-order chi connectivity index (χ0) is 20.1. The van der Waals surface area contributed by atoms with Gasteiger partial charge in [0.15, 0.2) is 0 Å². The van der Waals surface area contributed by atoms with E-state index in [1.165, 1.54) is 24.3 Å². The number of benzene rings is 2. The Morgan fingerprint density at radius 2 is 1.75 bits per heavy atom. The van der Waals surface area contributed by atoms with Gasteiger partial charge in [-0.1, -0.05) is 24.3 Å². The number of para-hydroxylation sites is 2. The summed E-state index contributed by atoms with van der Waals surface area (Å²) >= 11 is 0. The highest BCUT2D eigenvalue weighted by atomic mass is 19.4. The largest absolute Gasteiger partial charge is 0.416 e. The van der Waals surface area contributed by atoms with Crippen LogP contribution in [-0.2, 0) is 11.0 Å². The molecule has 0 bridgehead atoms. The average molecular weight is 389 g/mol. The first-order chi connectivity index (χ1) is 13.3. The van der Waals surface area contributed by atoms with E-state index in [2.05, 4.69) is 22.2 Å². The van der Waals surface area contributed by atoms with Crippen molar-refractivity contribution in [3.05, 3.63) is 65.7 Å². The van der Waals surface area contributed by atoms with Crippen molar-refractivity contribution < 1.29 is 18.0 Å². The molecule has 28 heavy (non-hydrogen) atoms. The number of likely N-dealkylation sites (N-methyl/N-ethyl adjacent to an activating group) is 1. The van der Waals surface area contributed by atoms with Gasteiger partial charge in [0.1, 0.15) is 0 Å². The van der Waals surface area contributed by atoms with Gasteiger partial charge < -0.3 is 15.1 Å². The maximum Gasteiger partial charge on any atom is 0.416 e. The number of hydrogen-bond acceptors (Lipinski definition) is 3. The minimum Gasteiger partial charge on any atom is -0.367 e. The minimum atomic E-state index is -4.41. The zero-order valence-electron chi connectivity index (χ0n) is 15.5. The number of nitrogens with zero attached hydrogens (tertiary/aromatic N) is 2. The third-order valence-electron chi connectivity index (χ3n) is 4.65. The van der Waals surface area contributed by atoms with Crippen molar-refractivity contribution in [1.29, 1.82) is 0 Å². The predicted octanol–water partition coefficient (Wildman–Crippen LogP) is 4.11. The Bertz CT molecular complexity index is 856. The lowest BCUT2D eigenvalue weighted by Gasteiger charge is -2.35. The van der Waals surface area contributed by atoms with Crippen molar-refractivity contribution in [3.8, 4) is 0 Å². The quantitative estimate of drug-likeness (QED) is 0.800. The summed E-state index contributed by atoms with van der Waals surface area (Å²) in [5.41, 5.74) is 1.20. The van der Waals surface area contributed by atoms with E-state index in [0.29, 0.717) is 11.3 Å². The monoisotopic (exact) mass is 389 g/mol. The number of anilines is 2. The molecule has 2 aromatic rings. The summed E-state index contributed by atoms with van der Waals surface area (Å²) in [5.74, 6) is -0.390. The highest BCUT2D eigenvalue weighted by Crippen LogP contribution is 2.30. The summed E-state index contributed by atoms with van der Waals surface area (Å²) in [5, 5.41) is 2.83. The molecule has 148 valence electrons. The van der Waals surface area contributed by atoms with Crippen LogP contribution in [0.1, 0.15) is 11.1 Å². The normalized spacial score (nSPS) is 15.8. The predicted molar refractivity (Wildman–Crippen MR) is 105 cm³/mol. The molecule has 1 fully saturated rings. The van der Waals surface area contributed by atoms with E-state index in [9.17, 15) is 18.0 Å². The minimum absolute atomic E-state index is 0.317. The second kappa shape index (κ2) is 8.48. The van der Waals surface area contributed by atoms with E-state index < -0.39 is 11.7 Å². The van der Waals surface area contributed by atoms with Gasteiger partial charge in [0, 0.05) is 32.3 Å². The van der Waals surface area contributed by atoms with Crippen molar-refractivity contribution in [2.24, 2.45) is 0 Å². The molecule has 1 aliphatic heterocycles. The molecule has 1 heterocycles. The van der Waals surface area contributed by atoms with Crippen LogP contribution < -0.4 is 10.2 Å². The highest BCUT2D eigenvalue weighted by Gasteiger charge is 2.30. The Morgan fingerprint density at radius 1 is 1.04 bits per heavy atom. The van der Waals surface area contributed by atoms with E-state index in [-0.39, 0.29) is 5.91 Å². The smallest absolute Gasteiger partial charge is 0.367 e. The standard InChI is InChI=1S/C21H22F3N3O/c1-26-11-13-27(14-12-26)19-8-3-2-7-18(19)25-20(28)10-9-16-5-4-6-17(15-16)21(22,23)24/h2-10,15H,11-14H2,1H3,(H,25,28)/b10-9+. The number of carbonyl (C=O) groups excluding carboxylic acids is 1. The first kappa shape index (κ1) is 19.9. The Labute approximate surface area is 162 Å². The molecule has 0 aromatic heterocycles. The molecular formula is C21H22F3N3O. The summed E-state index contributed by atoms with van der Waals surface area (Å²) in [6.07, 6.45) is -1.78. The van der Waals surface area contributed by atoms with Gasteiger partial charge in [-0.05, 0) is 43.0 Å². The molecule has 0 aliphatic carbocycles. The second-order valence-corrected chi connectivity index (χ2v) is 6.75. The lowest BCUT2D eigenvalue weighted by molar-refractivity contribution is -0.137. The van der Waals surface area contributed by atoms with E-state index in [4.69, 9.17) is 0 Å². The number of alkyl halides is 3. The molecule has 1 aliphatic rings. The fraction of sp³-hybridized carbons (Fsp3) is 0.286. The third-order valence-corrected chi connectivity index (χ3v) is 4.65. The van der Waals surface area contributed by atoms with Crippen molar-refractivity contribution in [2.75, 3.05) is 43.4 Å². The number of rotatable bonds is 4. The van der Waals surface area contributed by atoms with Crippen LogP contribution in [-0.4, -0.2) is 44.0 Å². The van der Waals surface area contributed by atoms with Crippen LogP contribution in [0.2, 0.25) is 0 Å². The number of piperazine rings is 1. The summed E-state index contributed by atoms with van der Waals surface area (Å²) in [4.78, 5) is 16.8.